The largest absolute Gasteiger partial charge is 0.457 e. The normalized spacial score (nSPS) is 15.8. The number of ether oxygens (including phenoxy) is 1. The Balaban J connectivity index is 1.26. The molecule has 6 rings (SSSR count). The number of urea groups is 1. The van der Waals surface area contributed by atoms with Crippen molar-refractivity contribution in [2.24, 2.45) is 0 Å². The molecule has 4 amide bonds. The third-order valence-corrected chi connectivity index (χ3v) is 8.81. The molecule has 44 heavy (non-hydrogen) atoms. The van der Waals surface area contributed by atoms with Gasteiger partial charge in [0.1, 0.15) is 32.8 Å². The average Bonchev–Trinajstić information content (AvgIpc) is 3.38. The van der Waals surface area contributed by atoms with Crippen molar-refractivity contribution in [1.82, 2.24) is 15.2 Å². The first-order valence-electron chi connectivity index (χ1n) is 14.3. The Hall–Kier alpha value is -5.21. The second kappa shape index (κ2) is 11.8. The van der Waals surface area contributed by atoms with Crippen molar-refractivity contribution in [1.29, 1.82) is 5.26 Å². The lowest BCUT2D eigenvalue weighted by atomic mass is 10.0. The van der Waals surface area contributed by atoms with Crippen molar-refractivity contribution in [2.45, 2.75) is 39.7 Å². The van der Waals surface area contributed by atoms with Crippen molar-refractivity contribution in [3.8, 4) is 17.6 Å². The SMILES string of the molecule is CC(C)=C(C#N)C(=O)N1CCC[C@@H](NC(=O)c2sc3nccc4c3c2NC(=O)N4c2ccc(Oc3ccccc3)cc2C)C1. The van der Waals surface area contributed by atoms with Crippen molar-refractivity contribution in [3.05, 3.63) is 82.4 Å². The smallest absolute Gasteiger partial charge is 0.331 e. The topological polar surface area (TPSA) is 128 Å². The van der Waals surface area contributed by atoms with Crippen molar-refractivity contribution >= 4 is 56.5 Å². The number of hydrogen-bond donors (Lipinski definition) is 2. The number of allylic oxidation sites excluding steroid dienone is 1. The second-order valence-electron chi connectivity index (χ2n) is 11.0. The summed E-state index contributed by atoms with van der Waals surface area (Å²) in [4.78, 5) is 48.8. The van der Waals surface area contributed by atoms with Gasteiger partial charge in [-0.3, -0.25) is 14.5 Å². The molecule has 4 aromatic rings. The van der Waals surface area contributed by atoms with Crippen LogP contribution in [0.5, 0.6) is 11.5 Å². The summed E-state index contributed by atoms with van der Waals surface area (Å²) in [5.41, 5.74) is 3.35. The third-order valence-electron chi connectivity index (χ3n) is 7.71. The molecule has 2 aliphatic rings. The van der Waals surface area contributed by atoms with Crippen molar-refractivity contribution in [2.75, 3.05) is 23.3 Å². The van der Waals surface area contributed by atoms with Crippen LogP contribution in [0.3, 0.4) is 0 Å². The molecule has 0 bridgehead atoms. The summed E-state index contributed by atoms with van der Waals surface area (Å²) < 4.78 is 5.97. The van der Waals surface area contributed by atoms with Gasteiger partial charge in [-0.2, -0.15) is 5.26 Å². The lowest BCUT2D eigenvalue weighted by Crippen LogP contribution is -2.50. The molecule has 4 heterocycles. The van der Waals surface area contributed by atoms with Crippen LogP contribution in [0.15, 0.2) is 71.9 Å². The molecule has 2 aromatic carbocycles. The molecule has 1 saturated heterocycles. The average molecular weight is 607 g/mol. The van der Waals surface area contributed by atoms with Crippen LogP contribution in [0.4, 0.5) is 21.9 Å². The number of nitriles is 1. The Bertz CT molecular complexity index is 1870. The molecule has 0 radical (unpaired) electrons. The third kappa shape index (κ3) is 5.36. The van der Waals surface area contributed by atoms with E-state index in [2.05, 4.69) is 15.6 Å². The monoisotopic (exact) mass is 606 g/mol. The van der Waals surface area contributed by atoms with Gasteiger partial charge in [-0.25, -0.2) is 9.78 Å². The van der Waals surface area contributed by atoms with E-state index in [1.54, 1.807) is 35.9 Å². The number of aryl methyl sites for hydroxylation is 1. The van der Waals surface area contributed by atoms with Gasteiger partial charge in [-0.05, 0) is 75.6 Å². The molecule has 0 unspecified atom stereocenters. The fourth-order valence-electron chi connectivity index (χ4n) is 5.61. The van der Waals surface area contributed by atoms with Gasteiger partial charge in [0.05, 0.1) is 22.4 Å². The first-order chi connectivity index (χ1) is 21.2. The van der Waals surface area contributed by atoms with Crippen LogP contribution in [0.2, 0.25) is 0 Å². The van der Waals surface area contributed by atoms with Crippen LogP contribution in [-0.2, 0) is 4.79 Å². The van der Waals surface area contributed by atoms with E-state index in [1.165, 1.54) is 11.3 Å². The summed E-state index contributed by atoms with van der Waals surface area (Å²) in [5.74, 6) is 0.702. The van der Waals surface area contributed by atoms with Gasteiger partial charge in [0, 0.05) is 25.3 Å². The maximum atomic E-state index is 13.6. The number of piperidine rings is 1. The van der Waals surface area contributed by atoms with Crippen LogP contribution in [0.1, 0.15) is 41.9 Å². The number of para-hydroxylation sites is 1. The van der Waals surface area contributed by atoms with Crippen molar-refractivity contribution in [3.63, 3.8) is 0 Å². The summed E-state index contributed by atoms with van der Waals surface area (Å²) >= 11 is 1.21. The number of pyridine rings is 1. The Morgan fingerprint density at radius 1 is 1.11 bits per heavy atom. The van der Waals surface area contributed by atoms with E-state index < -0.39 is 6.03 Å². The zero-order valence-corrected chi connectivity index (χ0v) is 25.3. The highest BCUT2D eigenvalue weighted by Crippen LogP contribution is 2.46. The molecule has 0 saturated carbocycles. The molecule has 2 aliphatic heterocycles. The predicted molar refractivity (Wildman–Crippen MR) is 170 cm³/mol. The Morgan fingerprint density at radius 3 is 2.64 bits per heavy atom. The maximum Gasteiger partial charge on any atom is 0.331 e. The molecule has 0 aliphatic carbocycles. The second-order valence-corrected chi connectivity index (χ2v) is 12.0. The number of thiophene rings is 1. The molecule has 0 spiro atoms. The first-order valence-corrected chi connectivity index (χ1v) is 15.1. The molecule has 2 N–H and O–H groups in total. The Morgan fingerprint density at radius 2 is 1.91 bits per heavy atom. The lowest BCUT2D eigenvalue weighted by molar-refractivity contribution is -0.128. The summed E-state index contributed by atoms with van der Waals surface area (Å²) in [6.45, 7) is 6.21. The minimum atomic E-state index is -0.391. The van der Waals surface area contributed by atoms with Gasteiger partial charge in [0.25, 0.3) is 11.8 Å². The number of amides is 4. The van der Waals surface area contributed by atoms with E-state index in [9.17, 15) is 19.6 Å². The number of likely N-dealkylation sites (tertiary alicyclic amines) is 1. The highest BCUT2D eigenvalue weighted by molar-refractivity contribution is 7.21. The Kier molecular flexibility index (Phi) is 7.76. The number of nitrogens with one attached hydrogen (secondary N) is 2. The molecule has 1 fully saturated rings. The zero-order chi connectivity index (χ0) is 31.0. The maximum absolute atomic E-state index is 13.6. The van der Waals surface area contributed by atoms with Gasteiger partial charge in [-0.15, -0.1) is 11.3 Å². The van der Waals surface area contributed by atoms with E-state index in [0.29, 0.717) is 75.2 Å². The number of carbonyl (C=O) groups is 3. The van der Waals surface area contributed by atoms with Gasteiger partial charge in [-0.1, -0.05) is 23.8 Å². The number of hydrogen-bond acceptors (Lipinski definition) is 7. The summed E-state index contributed by atoms with van der Waals surface area (Å²) in [6.07, 6.45) is 3.02. The summed E-state index contributed by atoms with van der Waals surface area (Å²) in [7, 11) is 0. The van der Waals surface area contributed by atoms with Crippen molar-refractivity contribution < 1.29 is 19.1 Å². The van der Waals surface area contributed by atoms with E-state index in [1.807, 2.05) is 61.5 Å². The lowest BCUT2D eigenvalue weighted by Gasteiger charge is -2.33. The van der Waals surface area contributed by atoms with Crippen LogP contribution in [0.25, 0.3) is 10.2 Å². The van der Waals surface area contributed by atoms with Gasteiger partial charge < -0.3 is 20.3 Å². The molecule has 11 heteroatoms. The zero-order valence-electron chi connectivity index (χ0n) is 24.5. The standard InChI is InChI=1S/C33H30N6O4S/c1-19(2)24(17-34)32(41)38-15-7-8-21(18-38)36-30(40)29-28-27-26(13-14-35-31(27)44-29)39(33(42)37-28)25-12-11-23(16-20(25)3)43-22-9-5-4-6-10-22/h4-6,9-14,16,21H,7-8,15,18H2,1-3H3,(H,36,40)(H,37,42)/t21-/m1/s1. The molecular weight excluding hydrogens is 576 g/mol. The number of anilines is 3. The molecular formula is C33H30N6O4S. The fourth-order valence-corrected chi connectivity index (χ4v) is 6.63. The molecule has 222 valence electrons. The van der Waals surface area contributed by atoms with E-state index in [-0.39, 0.29) is 23.4 Å². The van der Waals surface area contributed by atoms with Gasteiger partial charge in [0.15, 0.2) is 0 Å². The number of nitrogens with zero attached hydrogens (tertiary/aromatic N) is 4. The first kappa shape index (κ1) is 28.9. The molecule has 2 aromatic heterocycles. The minimum absolute atomic E-state index is 0.130. The van der Waals surface area contributed by atoms with Crippen LogP contribution < -0.4 is 20.3 Å². The summed E-state index contributed by atoms with van der Waals surface area (Å²) in [6, 6.07) is 18.1. The highest BCUT2D eigenvalue weighted by atomic mass is 32.1. The molecule has 10 nitrogen and oxygen atoms in total. The van der Waals surface area contributed by atoms with E-state index >= 15 is 0 Å². The highest BCUT2D eigenvalue weighted by Gasteiger charge is 2.34. The van der Waals surface area contributed by atoms with E-state index in [0.717, 1.165) is 5.56 Å². The number of benzene rings is 2. The minimum Gasteiger partial charge on any atom is -0.457 e. The fraction of sp³-hybridized carbons (Fsp3) is 0.242. The molecule has 1 atom stereocenters. The van der Waals surface area contributed by atoms with Crippen LogP contribution >= 0.6 is 11.3 Å². The van der Waals surface area contributed by atoms with Crippen LogP contribution in [-0.4, -0.2) is 46.9 Å². The number of rotatable bonds is 6. The predicted octanol–water partition coefficient (Wildman–Crippen LogP) is 6.66. The Labute approximate surface area is 258 Å². The van der Waals surface area contributed by atoms with Crippen LogP contribution in [0, 0.1) is 18.3 Å². The van der Waals surface area contributed by atoms with E-state index in [4.69, 9.17) is 4.74 Å². The number of carbonyl (C=O) groups excluding carboxylic acids is 3. The number of aromatic nitrogens is 1. The quantitative estimate of drug-likeness (QED) is 0.187. The van der Waals surface area contributed by atoms with Gasteiger partial charge >= 0.3 is 6.03 Å². The summed E-state index contributed by atoms with van der Waals surface area (Å²) in [5, 5.41) is 16.1. The van der Waals surface area contributed by atoms with Gasteiger partial charge in [0.2, 0.25) is 0 Å².